The maximum atomic E-state index is 5.47. The molecule has 2 unspecified atom stereocenters. The molecule has 5 nitrogen and oxygen atoms in total. The summed E-state index contributed by atoms with van der Waals surface area (Å²) in [6, 6.07) is 0.391. The summed E-state index contributed by atoms with van der Waals surface area (Å²) in [6.07, 6.45) is 3.25. The van der Waals surface area contributed by atoms with Crippen LogP contribution in [0, 0.1) is 12.3 Å². The normalized spacial score (nSPS) is 24.0. The Morgan fingerprint density at radius 3 is 2.76 bits per heavy atom. The van der Waals surface area contributed by atoms with Crippen molar-refractivity contribution in [2.45, 2.75) is 45.9 Å². The van der Waals surface area contributed by atoms with Crippen molar-refractivity contribution >= 4 is 41.3 Å². The van der Waals surface area contributed by atoms with Gasteiger partial charge in [0.2, 0.25) is 0 Å². The van der Waals surface area contributed by atoms with Crippen molar-refractivity contribution in [2.75, 3.05) is 14.2 Å². The van der Waals surface area contributed by atoms with Crippen LogP contribution in [0.3, 0.4) is 0 Å². The van der Waals surface area contributed by atoms with Crippen LogP contribution in [-0.2, 0) is 11.3 Å². The van der Waals surface area contributed by atoms with Crippen molar-refractivity contribution < 1.29 is 4.74 Å². The molecule has 7 heteroatoms. The van der Waals surface area contributed by atoms with Crippen LogP contribution in [0.15, 0.2) is 11.2 Å². The van der Waals surface area contributed by atoms with E-state index in [-0.39, 0.29) is 29.4 Å². The highest BCUT2D eigenvalue weighted by Crippen LogP contribution is 2.42. The molecule has 21 heavy (non-hydrogen) atoms. The Morgan fingerprint density at radius 1 is 1.57 bits per heavy atom. The van der Waals surface area contributed by atoms with Crippen LogP contribution in [0.25, 0.3) is 0 Å². The molecule has 0 aromatic carbocycles. The molecule has 1 aliphatic rings. The molecule has 1 saturated carbocycles. The van der Waals surface area contributed by atoms with Gasteiger partial charge in [0.1, 0.15) is 0 Å². The zero-order valence-electron chi connectivity index (χ0n) is 13.3. The number of thiazole rings is 1. The lowest BCUT2D eigenvalue weighted by atomic mass is 9.64. The third-order valence-corrected chi connectivity index (χ3v) is 5.01. The molecule has 0 saturated heterocycles. The molecule has 0 aliphatic heterocycles. The summed E-state index contributed by atoms with van der Waals surface area (Å²) in [5, 5.41) is 7.91. The van der Waals surface area contributed by atoms with Crippen LogP contribution >= 0.6 is 35.3 Å². The second-order valence-corrected chi connectivity index (χ2v) is 7.07. The summed E-state index contributed by atoms with van der Waals surface area (Å²) in [7, 11) is 3.58. The zero-order chi connectivity index (χ0) is 14.8. The SMILES string of the molecule is CN=C(NCc1cnc(C)s1)NC1CC(OC)C1(C)C.I. The number of halogens is 1. The smallest absolute Gasteiger partial charge is 0.191 e. The van der Waals surface area contributed by atoms with Crippen LogP contribution in [0.5, 0.6) is 0 Å². The molecular formula is C14H25IN4OS. The third kappa shape index (κ3) is 4.29. The molecule has 0 radical (unpaired) electrons. The molecule has 0 spiro atoms. The Labute approximate surface area is 148 Å². The van der Waals surface area contributed by atoms with Crippen molar-refractivity contribution in [3.8, 4) is 0 Å². The maximum Gasteiger partial charge on any atom is 0.191 e. The van der Waals surface area contributed by atoms with Gasteiger partial charge >= 0.3 is 0 Å². The van der Waals surface area contributed by atoms with Gasteiger partial charge < -0.3 is 15.4 Å². The van der Waals surface area contributed by atoms with E-state index in [0.717, 1.165) is 23.9 Å². The monoisotopic (exact) mass is 424 g/mol. The van der Waals surface area contributed by atoms with Gasteiger partial charge in [-0.1, -0.05) is 13.8 Å². The molecular weight excluding hydrogens is 399 g/mol. The molecule has 2 N–H and O–H groups in total. The maximum absolute atomic E-state index is 5.47. The molecule has 0 amide bonds. The lowest BCUT2D eigenvalue weighted by Gasteiger charge is -2.51. The minimum Gasteiger partial charge on any atom is -0.381 e. The Bertz CT molecular complexity index is 489. The average molecular weight is 424 g/mol. The van der Waals surface area contributed by atoms with E-state index in [1.807, 2.05) is 13.1 Å². The van der Waals surface area contributed by atoms with E-state index in [1.165, 1.54) is 4.88 Å². The molecule has 1 aromatic rings. The summed E-state index contributed by atoms with van der Waals surface area (Å²) in [6.45, 7) is 7.22. The van der Waals surface area contributed by atoms with Crippen molar-refractivity contribution in [1.82, 2.24) is 15.6 Å². The van der Waals surface area contributed by atoms with Gasteiger partial charge in [0.15, 0.2) is 5.96 Å². The average Bonchev–Trinajstić information content (AvgIpc) is 2.83. The van der Waals surface area contributed by atoms with Crippen LogP contribution < -0.4 is 10.6 Å². The number of aromatic nitrogens is 1. The van der Waals surface area contributed by atoms with Crippen LogP contribution in [0.4, 0.5) is 0 Å². The number of nitrogens with one attached hydrogen (secondary N) is 2. The fourth-order valence-electron chi connectivity index (χ4n) is 2.55. The van der Waals surface area contributed by atoms with E-state index in [0.29, 0.717) is 12.1 Å². The van der Waals surface area contributed by atoms with Gasteiger partial charge in [0.05, 0.1) is 17.7 Å². The van der Waals surface area contributed by atoms with Gasteiger partial charge in [-0.3, -0.25) is 4.99 Å². The second-order valence-electron chi connectivity index (χ2n) is 5.75. The van der Waals surface area contributed by atoms with Crippen molar-refractivity contribution in [2.24, 2.45) is 10.4 Å². The first-order valence-corrected chi connectivity index (χ1v) is 7.70. The number of ether oxygens (including phenoxy) is 1. The summed E-state index contributed by atoms with van der Waals surface area (Å²) in [5.41, 5.74) is 0.132. The predicted octanol–water partition coefficient (Wildman–Crippen LogP) is 2.55. The molecule has 2 rings (SSSR count). The highest BCUT2D eigenvalue weighted by Gasteiger charge is 2.48. The van der Waals surface area contributed by atoms with E-state index in [1.54, 1.807) is 25.5 Å². The van der Waals surface area contributed by atoms with E-state index < -0.39 is 0 Å². The highest BCUT2D eigenvalue weighted by molar-refractivity contribution is 14.0. The van der Waals surface area contributed by atoms with Crippen molar-refractivity contribution in [3.05, 3.63) is 16.1 Å². The van der Waals surface area contributed by atoms with Crippen LogP contribution in [0.1, 0.15) is 30.2 Å². The first-order chi connectivity index (χ1) is 9.47. The molecule has 1 aromatic heterocycles. The largest absolute Gasteiger partial charge is 0.381 e. The molecule has 120 valence electrons. The quantitative estimate of drug-likeness (QED) is 0.443. The fourth-order valence-corrected chi connectivity index (χ4v) is 3.28. The van der Waals surface area contributed by atoms with Crippen molar-refractivity contribution in [1.29, 1.82) is 0 Å². The van der Waals surface area contributed by atoms with Gasteiger partial charge in [-0.2, -0.15) is 0 Å². The van der Waals surface area contributed by atoms with Gasteiger partial charge in [-0.15, -0.1) is 35.3 Å². The van der Waals surface area contributed by atoms with Crippen LogP contribution in [0.2, 0.25) is 0 Å². The molecule has 1 fully saturated rings. The topological polar surface area (TPSA) is 58.5 Å². The van der Waals surface area contributed by atoms with Gasteiger partial charge in [0.25, 0.3) is 0 Å². The Balaban J connectivity index is 0.00000220. The Hall–Kier alpha value is -0.410. The van der Waals surface area contributed by atoms with Gasteiger partial charge in [-0.25, -0.2) is 4.98 Å². The molecule has 0 bridgehead atoms. The minimum atomic E-state index is 0. The lowest BCUT2D eigenvalue weighted by molar-refractivity contribution is -0.0922. The number of hydrogen-bond acceptors (Lipinski definition) is 4. The standard InChI is InChI=1S/C14H24N4OS.HI/c1-9-16-7-10(20-9)8-17-13(15-4)18-11-6-12(19-5)14(11,2)3;/h7,11-12H,6,8H2,1-5H3,(H2,15,17,18);1H. The first-order valence-electron chi connectivity index (χ1n) is 6.88. The summed E-state index contributed by atoms with van der Waals surface area (Å²) in [5.74, 6) is 0.837. The van der Waals surface area contributed by atoms with E-state index in [2.05, 4.69) is 34.5 Å². The first kappa shape index (κ1) is 18.6. The number of aliphatic imine (C=N–C) groups is 1. The van der Waals surface area contributed by atoms with E-state index in [4.69, 9.17) is 4.74 Å². The summed E-state index contributed by atoms with van der Waals surface area (Å²) < 4.78 is 5.47. The van der Waals surface area contributed by atoms with E-state index >= 15 is 0 Å². The highest BCUT2D eigenvalue weighted by atomic mass is 127. The number of guanidine groups is 1. The second kappa shape index (κ2) is 7.73. The fraction of sp³-hybridized carbons (Fsp3) is 0.714. The summed E-state index contributed by atoms with van der Waals surface area (Å²) >= 11 is 1.71. The Morgan fingerprint density at radius 2 is 2.29 bits per heavy atom. The number of methoxy groups -OCH3 is 1. The number of rotatable bonds is 4. The zero-order valence-corrected chi connectivity index (χ0v) is 16.4. The van der Waals surface area contributed by atoms with Gasteiger partial charge in [-0.05, 0) is 13.3 Å². The number of hydrogen-bond donors (Lipinski definition) is 2. The van der Waals surface area contributed by atoms with Gasteiger partial charge in [0, 0.05) is 36.7 Å². The molecule has 2 atom stereocenters. The number of aryl methyl sites for hydroxylation is 1. The third-order valence-electron chi connectivity index (χ3n) is 4.10. The Kier molecular flexibility index (Phi) is 6.86. The van der Waals surface area contributed by atoms with E-state index in [9.17, 15) is 0 Å². The van der Waals surface area contributed by atoms with Crippen molar-refractivity contribution in [3.63, 3.8) is 0 Å². The minimum absolute atomic E-state index is 0. The molecule has 1 heterocycles. The predicted molar refractivity (Wildman–Crippen MR) is 98.6 cm³/mol. The number of nitrogens with zero attached hydrogens (tertiary/aromatic N) is 2. The lowest BCUT2D eigenvalue weighted by Crippen LogP contribution is -2.63. The molecule has 1 aliphatic carbocycles. The van der Waals surface area contributed by atoms with Crippen LogP contribution in [-0.4, -0.2) is 37.2 Å². The summed E-state index contributed by atoms with van der Waals surface area (Å²) in [4.78, 5) is 9.76.